The molecule has 0 saturated heterocycles. The van der Waals surface area contributed by atoms with Gasteiger partial charge in [-0.25, -0.2) is 4.39 Å². The summed E-state index contributed by atoms with van der Waals surface area (Å²) < 4.78 is 23.5. The smallest absolute Gasteiger partial charge is 0.163 e. The fourth-order valence-corrected chi connectivity index (χ4v) is 2.43. The third-order valence-corrected chi connectivity index (χ3v) is 3.55. The van der Waals surface area contributed by atoms with E-state index < -0.39 is 0 Å². The molecule has 0 saturated carbocycles. The van der Waals surface area contributed by atoms with Crippen LogP contribution in [-0.2, 0) is 6.42 Å². The first-order valence-electron chi connectivity index (χ1n) is 6.14. The predicted octanol–water partition coefficient (Wildman–Crippen LogP) is 3.39. The molecule has 0 radical (unpaired) electrons. The van der Waals surface area contributed by atoms with Gasteiger partial charge in [0.05, 0.1) is 24.5 Å². The van der Waals surface area contributed by atoms with Crippen LogP contribution in [0, 0.1) is 29.0 Å². The Morgan fingerprint density at radius 2 is 2.10 bits per heavy atom. The number of benzene rings is 1. The Morgan fingerprint density at radius 3 is 2.86 bits per heavy atom. The Balaban J connectivity index is 1.95. The summed E-state index contributed by atoms with van der Waals surface area (Å²) in [7, 11) is 1.45. The maximum absolute atomic E-state index is 13.0. The van der Waals surface area contributed by atoms with E-state index in [2.05, 4.69) is 17.9 Å². The van der Waals surface area contributed by atoms with Crippen LogP contribution >= 0.6 is 11.3 Å². The molecular formula is C16H12FNO2S. The number of methoxy groups -OCH3 is 1. The minimum Gasteiger partial charge on any atom is -0.493 e. The van der Waals surface area contributed by atoms with Crippen molar-refractivity contribution in [2.24, 2.45) is 0 Å². The molecule has 1 aromatic heterocycles. The minimum atomic E-state index is -0.381. The van der Waals surface area contributed by atoms with Gasteiger partial charge in [0.15, 0.2) is 11.5 Å². The summed E-state index contributed by atoms with van der Waals surface area (Å²) in [6.07, 6.45) is 0.398. The van der Waals surface area contributed by atoms with Crippen LogP contribution in [0.15, 0.2) is 30.3 Å². The van der Waals surface area contributed by atoms with Crippen LogP contribution in [0.4, 0.5) is 4.39 Å². The fourth-order valence-electron chi connectivity index (χ4n) is 1.62. The van der Waals surface area contributed by atoms with Gasteiger partial charge < -0.3 is 9.47 Å². The molecule has 0 unspecified atom stereocenters. The van der Waals surface area contributed by atoms with Gasteiger partial charge in [0.2, 0.25) is 0 Å². The highest BCUT2D eigenvalue weighted by molar-refractivity contribution is 7.12. The van der Waals surface area contributed by atoms with Gasteiger partial charge in [-0.1, -0.05) is 11.8 Å². The van der Waals surface area contributed by atoms with E-state index in [1.54, 1.807) is 0 Å². The molecule has 106 valence electrons. The van der Waals surface area contributed by atoms with Gasteiger partial charge in [-0.2, -0.15) is 5.26 Å². The number of rotatable bonds is 4. The van der Waals surface area contributed by atoms with Crippen LogP contribution in [0.5, 0.6) is 11.5 Å². The number of hydrogen-bond acceptors (Lipinski definition) is 4. The standard InChI is InChI=1S/C16H12FNO2S/c1-19-16-11-12(17)4-7-15(16)20-10-2-3-13-5-6-14(21-13)8-9-18/h4-7,11H,8,10H2,1H3. The summed E-state index contributed by atoms with van der Waals surface area (Å²) in [6.45, 7) is 0.174. The molecule has 0 N–H and O–H groups in total. The van der Waals surface area contributed by atoms with Gasteiger partial charge in [0.1, 0.15) is 12.4 Å². The molecule has 0 amide bonds. The van der Waals surface area contributed by atoms with E-state index in [0.717, 1.165) is 9.75 Å². The lowest BCUT2D eigenvalue weighted by molar-refractivity contribution is 0.329. The van der Waals surface area contributed by atoms with E-state index in [9.17, 15) is 4.39 Å². The van der Waals surface area contributed by atoms with E-state index in [0.29, 0.717) is 17.9 Å². The zero-order valence-electron chi connectivity index (χ0n) is 11.4. The molecule has 5 heteroatoms. The number of nitrogens with zero attached hydrogens (tertiary/aromatic N) is 1. The average molecular weight is 301 g/mol. The Kier molecular flexibility index (Phi) is 5.20. The Morgan fingerprint density at radius 1 is 1.24 bits per heavy atom. The first-order chi connectivity index (χ1) is 10.2. The van der Waals surface area contributed by atoms with Gasteiger partial charge in [0.25, 0.3) is 0 Å². The molecule has 0 fully saturated rings. The molecule has 0 spiro atoms. The van der Waals surface area contributed by atoms with E-state index in [1.807, 2.05) is 12.1 Å². The largest absolute Gasteiger partial charge is 0.493 e. The fraction of sp³-hybridized carbons (Fsp3) is 0.188. The molecule has 21 heavy (non-hydrogen) atoms. The number of ether oxygens (including phenoxy) is 2. The monoisotopic (exact) mass is 301 g/mol. The molecule has 1 aromatic carbocycles. The first kappa shape index (κ1) is 14.9. The van der Waals surface area contributed by atoms with E-state index in [-0.39, 0.29) is 12.4 Å². The van der Waals surface area contributed by atoms with Gasteiger partial charge in [-0.05, 0) is 24.3 Å². The highest BCUT2D eigenvalue weighted by Gasteiger charge is 2.04. The van der Waals surface area contributed by atoms with Crippen molar-refractivity contribution in [1.82, 2.24) is 0 Å². The molecule has 2 rings (SSSR count). The lowest BCUT2D eigenvalue weighted by Gasteiger charge is -2.07. The van der Waals surface area contributed by atoms with E-state index in [4.69, 9.17) is 14.7 Å². The predicted molar refractivity (Wildman–Crippen MR) is 79.0 cm³/mol. The summed E-state index contributed by atoms with van der Waals surface area (Å²) in [5.74, 6) is 6.24. The van der Waals surface area contributed by atoms with Crippen molar-refractivity contribution in [3.63, 3.8) is 0 Å². The minimum absolute atomic E-state index is 0.174. The third kappa shape index (κ3) is 4.24. The molecule has 0 aliphatic heterocycles. The number of thiophene rings is 1. The van der Waals surface area contributed by atoms with Crippen molar-refractivity contribution in [1.29, 1.82) is 5.26 Å². The Bertz CT molecular complexity index is 722. The molecule has 3 nitrogen and oxygen atoms in total. The normalized spacial score (nSPS) is 9.38. The highest BCUT2D eigenvalue weighted by atomic mass is 32.1. The van der Waals surface area contributed by atoms with Crippen molar-refractivity contribution in [2.45, 2.75) is 6.42 Å². The lowest BCUT2D eigenvalue weighted by Crippen LogP contribution is -1.97. The maximum atomic E-state index is 13.0. The number of halogens is 1. The molecule has 0 aliphatic carbocycles. The van der Waals surface area contributed by atoms with Gasteiger partial charge in [0, 0.05) is 10.9 Å². The molecule has 0 atom stereocenters. The average Bonchev–Trinajstić information content (AvgIpc) is 2.92. The first-order valence-corrected chi connectivity index (χ1v) is 6.95. The SMILES string of the molecule is COc1cc(F)ccc1OCC#Cc1ccc(CC#N)s1. The van der Waals surface area contributed by atoms with Crippen LogP contribution in [0.25, 0.3) is 0 Å². The summed E-state index contributed by atoms with van der Waals surface area (Å²) in [4.78, 5) is 1.87. The molecule has 2 aromatic rings. The zero-order chi connectivity index (χ0) is 15.1. The van der Waals surface area contributed by atoms with Crippen LogP contribution in [0.2, 0.25) is 0 Å². The topological polar surface area (TPSA) is 42.2 Å². The molecular weight excluding hydrogens is 289 g/mol. The Hall–Kier alpha value is -2.50. The third-order valence-electron chi connectivity index (χ3n) is 2.55. The van der Waals surface area contributed by atoms with Gasteiger partial charge in [-0.15, -0.1) is 11.3 Å². The highest BCUT2D eigenvalue weighted by Crippen LogP contribution is 2.27. The summed E-state index contributed by atoms with van der Waals surface area (Å²) in [6, 6.07) is 9.94. The van der Waals surface area contributed by atoms with Crippen LogP contribution in [0.3, 0.4) is 0 Å². The van der Waals surface area contributed by atoms with Crippen LogP contribution in [0.1, 0.15) is 9.75 Å². The van der Waals surface area contributed by atoms with Crippen molar-refractivity contribution >= 4 is 11.3 Å². The zero-order valence-corrected chi connectivity index (χ0v) is 12.2. The molecule has 1 heterocycles. The van der Waals surface area contributed by atoms with Crippen LogP contribution in [-0.4, -0.2) is 13.7 Å². The lowest BCUT2D eigenvalue weighted by atomic mass is 10.3. The second-order valence-corrected chi connectivity index (χ2v) is 5.15. The van der Waals surface area contributed by atoms with Gasteiger partial charge >= 0.3 is 0 Å². The quantitative estimate of drug-likeness (QED) is 0.813. The van der Waals surface area contributed by atoms with Crippen molar-refractivity contribution in [3.05, 3.63) is 45.9 Å². The molecule has 0 aliphatic rings. The van der Waals surface area contributed by atoms with E-state index in [1.165, 1.54) is 36.6 Å². The summed E-state index contributed by atoms with van der Waals surface area (Å²) >= 11 is 1.49. The summed E-state index contributed by atoms with van der Waals surface area (Å²) in [5.41, 5.74) is 0. The second kappa shape index (κ2) is 7.33. The van der Waals surface area contributed by atoms with Crippen molar-refractivity contribution in [2.75, 3.05) is 13.7 Å². The molecule has 0 bridgehead atoms. The maximum Gasteiger partial charge on any atom is 0.163 e. The van der Waals surface area contributed by atoms with Crippen molar-refractivity contribution in [3.8, 4) is 29.4 Å². The second-order valence-electron chi connectivity index (χ2n) is 3.99. The van der Waals surface area contributed by atoms with Crippen LogP contribution < -0.4 is 9.47 Å². The van der Waals surface area contributed by atoms with E-state index >= 15 is 0 Å². The van der Waals surface area contributed by atoms with Crippen molar-refractivity contribution < 1.29 is 13.9 Å². The Labute approximate surface area is 126 Å². The summed E-state index contributed by atoms with van der Waals surface area (Å²) in [5, 5.41) is 8.60. The number of hydrogen-bond donors (Lipinski definition) is 0. The number of nitriles is 1. The van der Waals surface area contributed by atoms with Gasteiger partial charge in [-0.3, -0.25) is 0 Å².